The summed E-state index contributed by atoms with van der Waals surface area (Å²) in [5.74, 6) is 1.09. The molecule has 0 saturated heterocycles. The minimum absolute atomic E-state index is 0.184. The molecule has 19 heavy (non-hydrogen) atoms. The second-order valence-electron chi connectivity index (χ2n) is 4.64. The standard InChI is InChI=1S/C12H18BrN5O/c1-15-11-10(13)12(17-7-16-11)18(6-9(14)19)8-4-2-3-5-8/h7-8H,2-6H2,1H3,(H2,14,19)(H,15,16,17). The first-order valence-corrected chi connectivity index (χ1v) is 7.16. The Morgan fingerprint density at radius 3 is 2.79 bits per heavy atom. The molecular weight excluding hydrogens is 310 g/mol. The van der Waals surface area contributed by atoms with Crippen molar-refractivity contribution >= 4 is 33.5 Å². The average molecular weight is 328 g/mol. The summed E-state index contributed by atoms with van der Waals surface area (Å²) in [4.78, 5) is 21.7. The molecule has 7 heteroatoms. The molecule has 2 rings (SSSR count). The highest BCUT2D eigenvalue weighted by atomic mass is 79.9. The van der Waals surface area contributed by atoms with E-state index in [1.165, 1.54) is 19.2 Å². The Kier molecular flexibility index (Phi) is 4.57. The molecule has 104 valence electrons. The van der Waals surface area contributed by atoms with Crippen LogP contribution in [0.4, 0.5) is 11.6 Å². The molecule has 6 nitrogen and oxygen atoms in total. The second kappa shape index (κ2) is 6.18. The van der Waals surface area contributed by atoms with Crippen LogP contribution in [-0.2, 0) is 4.79 Å². The van der Waals surface area contributed by atoms with E-state index in [9.17, 15) is 4.79 Å². The van der Waals surface area contributed by atoms with E-state index >= 15 is 0 Å². The van der Waals surface area contributed by atoms with Crippen LogP contribution in [0.3, 0.4) is 0 Å². The maximum atomic E-state index is 11.3. The number of nitrogens with one attached hydrogen (secondary N) is 1. The zero-order valence-electron chi connectivity index (χ0n) is 10.9. The molecular formula is C12H18BrN5O. The van der Waals surface area contributed by atoms with E-state index in [0.717, 1.165) is 23.1 Å². The summed E-state index contributed by atoms with van der Waals surface area (Å²) >= 11 is 3.50. The summed E-state index contributed by atoms with van der Waals surface area (Å²) in [7, 11) is 1.80. The number of nitrogens with two attached hydrogens (primary N) is 1. The first-order valence-electron chi connectivity index (χ1n) is 6.36. The van der Waals surface area contributed by atoms with Gasteiger partial charge in [-0.05, 0) is 28.8 Å². The molecule has 1 amide bonds. The van der Waals surface area contributed by atoms with Crippen LogP contribution in [0.5, 0.6) is 0 Å². The second-order valence-corrected chi connectivity index (χ2v) is 5.44. The molecule has 0 radical (unpaired) electrons. The van der Waals surface area contributed by atoms with Gasteiger partial charge in [-0.1, -0.05) is 12.8 Å². The zero-order chi connectivity index (χ0) is 13.8. The van der Waals surface area contributed by atoms with Gasteiger partial charge in [-0.2, -0.15) is 0 Å². The van der Waals surface area contributed by atoms with Gasteiger partial charge in [0.1, 0.15) is 22.4 Å². The average Bonchev–Trinajstić information content (AvgIpc) is 2.90. The molecule has 0 atom stereocenters. The summed E-state index contributed by atoms with van der Waals surface area (Å²) in [6.07, 6.45) is 6.00. The molecule has 1 aliphatic rings. The molecule has 1 heterocycles. The lowest BCUT2D eigenvalue weighted by molar-refractivity contribution is -0.116. The Labute approximate surface area is 120 Å². The SMILES string of the molecule is CNc1ncnc(N(CC(N)=O)C2CCCC2)c1Br. The third-order valence-corrected chi connectivity index (χ3v) is 4.10. The lowest BCUT2D eigenvalue weighted by Gasteiger charge is -2.29. The molecule has 0 spiro atoms. The number of primary amides is 1. The van der Waals surface area contributed by atoms with E-state index in [-0.39, 0.29) is 12.5 Å². The molecule has 0 bridgehead atoms. The fraction of sp³-hybridized carbons (Fsp3) is 0.583. The number of anilines is 2. The van der Waals surface area contributed by atoms with Crippen LogP contribution in [-0.4, -0.2) is 35.5 Å². The molecule has 1 fully saturated rings. The van der Waals surface area contributed by atoms with Crippen LogP contribution in [0.1, 0.15) is 25.7 Å². The summed E-state index contributed by atoms with van der Waals surface area (Å²) < 4.78 is 0.769. The van der Waals surface area contributed by atoms with Gasteiger partial charge in [0, 0.05) is 13.1 Å². The van der Waals surface area contributed by atoms with E-state index in [0.29, 0.717) is 11.9 Å². The normalized spacial score (nSPS) is 15.5. The van der Waals surface area contributed by atoms with E-state index in [4.69, 9.17) is 5.73 Å². The van der Waals surface area contributed by atoms with Crippen LogP contribution in [0.25, 0.3) is 0 Å². The third kappa shape index (κ3) is 3.15. The molecule has 1 aromatic rings. The van der Waals surface area contributed by atoms with E-state index in [1.807, 2.05) is 4.90 Å². The number of carbonyl (C=O) groups excluding carboxylic acids is 1. The fourth-order valence-corrected chi connectivity index (χ4v) is 3.13. The summed E-state index contributed by atoms with van der Waals surface area (Å²) in [6.45, 7) is 0.184. The number of hydrogen-bond acceptors (Lipinski definition) is 5. The van der Waals surface area contributed by atoms with Crippen LogP contribution in [0.15, 0.2) is 10.8 Å². The highest BCUT2D eigenvalue weighted by Crippen LogP contribution is 2.34. The van der Waals surface area contributed by atoms with Crippen LogP contribution < -0.4 is 16.0 Å². The van der Waals surface area contributed by atoms with Crippen molar-refractivity contribution in [2.75, 3.05) is 23.8 Å². The van der Waals surface area contributed by atoms with Crippen LogP contribution in [0.2, 0.25) is 0 Å². The maximum absolute atomic E-state index is 11.3. The smallest absolute Gasteiger partial charge is 0.237 e. The highest BCUT2D eigenvalue weighted by Gasteiger charge is 2.27. The van der Waals surface area contributed by atoms with Gasteiger partial charge in [-0.3, -0.25) is 4.79 Å². The van der Waals surface area contributed by atoms with Crippen molar-refractivity contribution in [1.82, 2.24) is 9.97 Å². The molecule has 0 aromatic carbocycles. The Balaban J connectivity index is 2.34. The topological polar surface area (TPSA) is 84.1 Å². The van der Waals surface area contributed by atoms with Crippen molar-refractivity contribution in [3.8, 4) is 0 Å². The molecule has 0 unspecified atom stereocenters. The van der Waals surface area contributed by atoms with Crippen molar-refractivity contribution in [2.24, 2.45) is 5.73 Å². The van der Waals surface area contributed by atoms with Crippen molar-refractivity contribution < 1.29 is 4.79 Å². The van der Waals surface area contributed by atoms with Gasteiger partial charge in [0.2, 0.25) is 5.91 Å². The van der Waals surface area contributed by atoms with Crippen LogP contribution >= 0.6 is 15.9 Å². The van der Waals surface area contributed by atoms with Crippen molar-refractivity contribution in [3.05, 3.63) is 10.8 Å². The van der Waals surface area contributed by atoms with Gasteiger partial charge in [0.05, 0.1) is 6.54 Å². The van der Waals surface area contributed by atoms with E-state index in [2.05, 4.69) is 31.2 Å². The largest absolute Gasteiger partial charge is 0.372 e. The molecule has 1 aromatic heterocycles. The highest BCUT2D eigenvalue weighted by molar-refractivity contribution is 9.10. The Hall–Kier alpha value is -1.37. The number of nitrogens with zero attached hydrogens (tertiary/aromatic N) is 3. The van der Waals surface area contributed by atoms with Gasteiger partial charge < -0.3 is 16.0 Å². The van der Waals surface area contributed by atoms with E-state index < -0.39 is 0 Å². The minimum atomic E-state index is -0.344. The Morgan fingerprint density at radius 2 is 2.21 bits per heavy atom. The lowest BCUT2D eigenvalue weighted by Crippen LogP contribution is -2.41. The van der Waals surface area contributed by atoms with Crippen molar-refractivity contribution in [3.63, 3.8) is 0 Å². The summed E-state index contributed by atoms with van der Waals surface area (Å²) in [6, 6.07) is 0.323. The Morgan fingerprint density at radius 1 is 1.53 bits per heavy atom. The van der Waals surface area contributed by atoms with Gasteiger partial charge in [-0.25, -0.2) is 9.97 Å². The quantitative estimate of drug-likeness (QED) is 0.856. The number of amides is 1. The molecule has 1 saturated carbocycles. The first-order chi connectivity index (χ1) is 9.13. The fourth-order valence-electron chi connectivity index (χ4n) is 2.50. The maximum Gasteiger partial charge on any atom is 0.237 e. The van der Waals surface area contributed by atoms with Crippen molar-refractivity contribution in [1.29, 1.82) is 0 Å². The molecule has 3 N–H and O–H groups in total. The number of carbonyl (C=O) groups is 1. The molecule has 0 aliphatic heterocycles. The first kappa shape index (κ1) is 14.0. The summed E-state index contributed by atoms with van der Waals surface area (Å²) in [5.41, 5.74) is 5.36. The van der Waals surface area contributed by atoms with Gasteiger partial charge >= 0.3 is 0 Å². The third-order valence-electron chi connectivity index (χ3n) is 3.37. The van der Waals surface area contributed by atoms with Crippen LogP contribution in [0, 0.1) is 0 Å². The lowest BCUT2D eigenvalue weighted by atomic mass is 10.2. The molecule has 1 aliphatic carbocycles. The summed E-state index contributed by atoms with van der Waals surface area (Å²) in [5, 5.41) is 2.99. The van der Waals surface area contributed by atoms with Gasteiger partial charge in [0.25, 0.3) is 0 Å². The Bertz CT molecular complexity index is 461. The number of aromatic nitrogens is 2. The predicted molar refractivity (Wildman–Crippen MR) is 78.1 cm³/mol. The monoisotopic (exact) mass is 327 g/mol. The van der Waals surface area contributed by atoms with Crippen molar-refractivity contribution in [2.45, 2.75) is 31.7 Å². The van der Waals surface area contributed by atoms with Gasteiger partial charge in [-0.15, -0.1) is 0 Å². The number of halogens is 1. The number of rotatable bonds is 5. The minimum Gasteiger partial charge on any atom is -0.372 e. The predicted octanol–water partition coefficient (Wildman–Crippen LogP) is 1.52. The van der Waals surface area contributed by atoms with E-state index in [1.54, 1.807) is 7.05 Å². The number of hydrogen-bond donors (Lipinski definition) is 2. The zero-order valence-corrected chi connectivity index (χ0v) is 12.5. The van der Waals surface area contributed by atoms with Gasteiger partial charge in [0.15, 0.2) is 0 Å².